The first-order chi connectivity index (χ1) is 10.0. The van der Waals surface area contributed by atoms with Gasteiger partial charge in [-0.15, -0.1) is 0 Å². The summed E-state index contributed by atoms with van der Waals surface area (Å²) in [5.74, 6) is 0.717. The van der Waals surface area contributed by atoms with Crippen LogP contribution in [0.4, 0.5) is 10.5 Å². The number of amides is 2. The lowest BCUT2D eigenvalue weighted by Gasteiger charge is -2.28. The van der Waals surface area contributed by atoms with Gasteiger partial charge in [0.1, 0.15) is 0 Å². The molecule has 4 heteroatoms. The lowest BCUT2D eigenvalue weighted by atomic mass is 9.95. The molecule has 1 unspecified atom stereocenters. The molecule has 0 radical (unpaired) electrons. The first kappa shape index (κ1) is 15.8. The van der Waals surface area contributed by atoms with E-state index in [0.29, 0.717) is 18.5 Å². The Hall–Kier alpha value is -1.55. The molecule has 21 heavy (non-hydrogen) atoms. The zero-order valence-corrected chi connectivity index (χ0v) is 13.6. The van der Waals surface area contributed by atoms with Crippen molar-refractivity contribution in [3.8, 4) is 0 Å². The number of fused-ring (bicyclic) bond motifs is 1. The monoisotopic (exact) mass is 289 g/mol. The smallest absolute Gasteiger partial charge is 0.321 e. The van der Waals surface area contributed by atoms with Gasteiger partial charge in [0.15, 0.2) is 0 Å². The van der Waals surface area contributed by atoms with Crippen molar-refractivity contribution in [1.29, 1.82) is 0 Å². The van der Waals surface area contributed by atoms with Gasteiger partial charge in [0, 0.05) is 25.3 Å². The van der Waals surface area contributed by atoms with Gasteiger partial charge >= 0.3 is 6.03 Å². The normalized spacial score (nSPS) is 15.9. The summed E-state index contributed by atoms with van der Waals surface area (Å²) in [7, 11) is 1.82. The molecular weight excluding hydrogens is 262 g/mol. The summed E-state index contributed by atoms with van der Waals surface area (Å²) in [5.41, 5.74) is 3.46. The van der Waals surface area contributed by atoms with E-state index in [-0.39, 0.29) is 6.03 Å². The van der Waals surface area contributed by atoms with E-state index in [1.807, 2.05) is 13.1 Å². The summed E-state index contributed by atoms with van der Waals surface area (Å²) in [6.07, 6.45) is 2.36. The molecule has 1 heterocycles. The number of nitrogens with one attached hydrogen (secondary N) is 2. The van der Waals surface area contributed by atoms with E-state index in [2.05, 4.69) is 43.5 Å². The van der Waals surface area contributed by atoms with Crippen molar-refractivity contribution in [3.05, 3.63) is 29.3 Å². The van der Waals surface area contributed by atoms with Gasteiger partial charge in [0.2, 0.25) is 0 Å². The fourth-order valence-electron chi connectivity index (χ4n) is 2.75. The molecule has 2 amide bonds. The molecule has 116 valence electrons. The second-order valence-electron chi connectivity index (χ2n) is 6.28. The Morgan fingerprint density at radius 3 is 2.76 bits per heavy atom. The Morgan fingerprint density at radius 2 is 2.10 bits per heavy atom. The van der Waals surface area contributed by atoms with Crippen LogP contribution in [0.25, 0.3) is 0 Å². The largest absolute Gasteiger partial charge is 0.323 e. The number of rotatable bonds is 6. The van der Waals surface area contributed by atoms with Gasteiger partial charge in [-0.3, -0.25) is 0 Å². The first-order valence-electron chi connectivity index (χ1n) is 7.89. The van der Waals surface area contributed by atoms with Crippen LogP contribution in [0, 0.1) is 5.92 Å². The van der Waals surface area contributed by atoms with E-state index in [0.717, 1.165) is 18.7 Å². The number of anilines is 1. The van der Waals surface area contributed by atoms with Gasteiger partial charge < -0.3 is 15.5 Å². The van der Waals surface area contributed by atoms with E-state index in [4.69, 9.17) is 0 Å². The molecule has 2 N–H and O–H groups in total. The van der Waals surface area contributed by atoms with Crippen molar-refractivity contribution in [3.63, 3.8) is 0 Å². The minimum Gasteiger partial charge on any atom is -0.323 e. The van der Waals surface area contributed by atoms with Crippen LogP contribution < -0.4 is 10.6 Å². The van der Waals surface area contributed by atoms with Gasteiger partial charge in [-0.2, -0.15) is 0 Å². The topological polar surface area (TPSA) is 44.4 Å². The average Bonchev–Trinajstić information content (AvgIpc) is 2.44. The van der Waals surface area contributed by atoms with Crippen molar-refractivity contribution < 1.29 is 4.79 Å². The highest BCUT2D eigenvalue weighted by Crippen LogP contribution is 2.28. The maximum atomic E-state index is 11.7. The van der Waals surface area contributed by atoms with Crippen molar-refractivity contribution in [2.45, 2.75) is 46.2 Å². The molecule has 0 aromatic heterocycles. The maximum absolute atomic E-state index is 11.7. The summed E-state index contributed by atoms with van der Waals surface area (Å²) < 4.78 is 0. The molecule has 1 aliphatic heterocycles. The Morgan fingerprint density at radius 1 is 1.33 bits per heavy atom. The molecular formula is C17H27N3O. The molecule has 1 aliphatic rings. The van der Waals surface area contributed by atoms with E-state index < -0.39 is 0 Å². The Labute approximate surface area is 127 Å². The van der Waals surface area contributed by atoms with Crippen molar-refractivity contribution in [2.24, 2.45) is 5.92 Å². The lowest BCUT2D eigenvalue weighted by Crippen LogP contribution is -2.35. The Kier molecular flexibility index (Phi) is 5.23. The zero-order chi connectivity index (χ0) is 15.4. The maximum Gasteiger partial charge on any atom is 0.321 e. The molecule has 0 bridgehead atoms. The van der Waals surface area contributed by atoms with Crippen molar-refractivity contribution >= 4 is 11.7 Å². The van der Waals surface area contributed by atoms with Crippen LogP contribution in [-0.4, -0.2) is 24.5 Å². The van der Waals surface area contributed by atoms with E-state index in [9.17, 15) is 4.79 Å². The summed E-state index contributed by atoms with van der Waals surface area (Å²) in [5, 5.41) is 6.50. The molecule has 0 spiro atoms. The number of benzene rings is 1. The van der Waals surface area contributed by atoms with Crippen LogP contribution in [0.5, 0.6) is 0 Å². The second-order valence-corrected chi connectivity index (χ2v) is 6.28. The van der Waals surface area contributed by atoms with Crippen LogP contribution in [0.15, 0.2) is 18.2 Å². The molecule has 0 aliphatic carbocycles. The fraction of sp³-hybridized carbons (Fsp3) is 0.588. The van der Waals surface area contributed by atoms with Gasteiger partial charge in [0.05, 0.1) is 0 Å². The van der Waals surface area contributed by atoms with E-state index >= 15 is 0 Å². The molecule has 0 fully saturated rings. The molecule has 4 nitrogen and oxygen atoms in total. The van der Waals surface area contributed by atoms with Gasteiger partial charge in [-0.25, -0.2) is 4.79 Å². The third-order valence-corrected chi connectivity index (χ3v) is 4.01. The van der Waals surface area contributed by atoms with E-state index in [1.165, 1.54) is 17.5 Å². The molecule has 0 saturated heterocycles. The second kappa shape index (κ2) is 6.94. The number of hydrogen-bond donors (Lipinski definition) is 2. The van der Waals surface area contributed by atoms with E-state index in [1.54, 1.807) is 4.90 Å². The quantitative estimate of drug-likeness (QED) is 0.837. The summed E-state index contributed by atoms with van der Waals surface area (Å²) in [4.78, 5) is 13.4. The average molecular weight is 289 g/mol. The number of hydrogen-bond acceptors (Lipinski definition) is 2. The number of carbonyl (C=O) groups excluding carboxylic acids is 1. The highest BCUT2D eigenvalue weighted by Gasteiger charge is 2.20. The predicted octanol–water partition coefficient (Wildman–Crippen LogP) is 3.75. The van der Waals surface area contributed by atoms with Crippen LogP contribution >= 0.6 is 0 Å². The third kappa shape index (κ3) is 3.97. The number of urea groups is 1. The molecule has 0 saturated carbocycles. The van der Waals surface area contributed by atoms with Gasteiger partial charge in [-0.1, -0.05) is 32.9 Å². The minimum atomic E-state index is -0.0294. The van der Waals surface area contributed by atoms with Crippen LogP contribution in [0.3, 0.4) is 0 Å². The fourth-order valence-corrected chi connectivity index (χ4v) is 2.75. The molecule has 1 aromatic rings. The SMILES string of the molecule is CCNC(CCC(C)C)c1ccc2c(c1)CN(C)C(=O)N2. The highest BCUT2D eigenvalue weighted by atomic mass is 16.2. The van der Waals surface area contributed by atoms with Crippen LogP contribution in [0.1, 0.15) is 50.8 Å². The lowest BCUT2D eigenvalue weighted by molar-refractivity contribution is 0.218. The number of nitrogens with zero attached hydrogens (tertiary/aromatic N) is 1. The Balaban J connectivity index is 2.18. The molecule has 2 rings (SSSR count). The first-order valence-corrected chi connectivity index (χ1v) is 7.89. The predicted molar refractivity (Wildman–Crippen MR) is 87.4 cm³/mol. The Bertz CT molecular complexity index is 499. The minimum absolute atomic E-state index is 0.0294. The standard InChI is InChI=1S/C17H27N3O/c1-5-18-15(8-6-12(2)3)13-7-9-16-14(10-13)11-20(4)17(21)19-16/h7,9-10,12,15,18H,5-6,8,11H2,1-4H3,(H,19,21). The molecule has 1 atom stereocenters. The number of carbonyl (C=O) groups is 1. The van der Waals surface area contributed by atoms with Crippen LogP contribution in [-0.2, 0) is 6.54 Å². The van der Waals surface area contributed by atoms with Gasteiger partial charge in [-0.05, 0) is 42.5 Å². The van der Waals surface area contributed by atoms with Gasteiger partial charge in [0.25, 0.3) is 0 Å². The van der Waals surface area contributed by atoms with Crippen molar-refractivity contribution in [1.82, 2.24) is 10.2 Å². The zero-order valence-electron chi connectivity index (χ0n) is 13.6. The summed E-state index contributed by atoms with van der Waals surface area (Å²) >= 11 is 0. The summed E-state index contributed by atoms with van der Waals surface area (Å²) in [6, 6.07) is 6.77. The molecule has 1 aromatic carbocycles. The highest BCUT2D eigenvalue weighted by molar-refractivity contribution is 5.92. The van der Waals surface area contributed by atoms with Crippen molar-refractivity contribution in [2.75, 3.05) is 18.9 Å². The van der Waals surface area contributed by atoms with Crippen LogP contribution in [0.2, 0.25) is 0 Å². The summed E-state index contributed by atoms with van der Waals surface area (Å²) in [6.45, 7) is 8.32. The third-order valence-electron chi connectivity index (χ3n) is 4.01.